The molecule has 0 radical (unpaired) electrons. The van der Waals surface area contributed by atoms with Crippen LogP contribution in [0.1, 0.15) is 17.5 Å². The maximum absolute atomic E-state index is 11.5. The highest BCUT2D eigenvalue weighted by Gasteiger charge is 2.06. The number of aryl methyl sites for hydroxylation is 2. The summed E-state index contributed by atoms with van der Waals surface area (Å²) in [5.74, 6) is 0.733. The molecule has 0 heterocycles. The summed E-state index contributed by atoms with van der Waals surface area (Å²) in [6.07, 6.45) is 0.922. The summed E-state index contributed by atoms with van der Waals surface area (Å²) in [7, 11) is 1.89. The standard InChI is InChI=1S/C14H22N2O2.ClH/c1-11-6-4-7-12(2)14(11)18-10-13(17)16-9-5-8-15-3;/h4,6-7,15H,5,8-10H2,1-3H3,(H,16,17);1H. The predicted molar refractivity (Wildman–Crippen MR) is 80.2 cm³/mol. The quantitative estimate of drug-likeness (QED) is 0.752. The Labute approximate surface area is 121 Å². The molecular formula is C14H23ClN2O2. The van der Waals surface area contributed by atoms with Crippen LogP contribution in [0.4, 0.5) is 0 Å². The second-order valence-electron chi connectivity index (χ2n) is 4.32. The highest BCUT2D eigenvalue weighted by molar-refractivity contribution is 5.85. The molecule has 4 nitrogen and oxygen atoms in total. The van der Waals surface area contributed by atoms with Gasteiger partial charge in [0.05, 0.1) is 0 Å². The molecule has 0 spiro atoms. The van der Waals surface area contributed by atoms with Crippen LogP contribution in [0.15, 0.2) is 18.2 Å². The Morgan fingerprint density at radius 3 is 2.42 bits per heavy atom. The van der Waals surface area contributed by atoms with Gasteiger partial charge in [-0.05, 0) is 45.0 Å². The van der Waals surface area contributed by atoms with Crippen molar-refractivity contribution in [1.82, 2.24) is 10.6 Å². The summed E-state index contributed by atoms with van der Waals surface area (Å²) in [5.41, 5.74) is 2.11. The van der Waals surface area contributed by atoms with Crippen LogP contribution in [0.2, 0.25) is 0 Å². The van der Waals surface area contributed by atoms with Crippen molar-refractivity contribution < 1.29 is 9.53 Å². The molecule has 0 aliphatic heterocycles. The zero-order chi connectivity index (χ0) is 13.4. The molecular weight excluding hydrogens is 264 g/mol. The Morgan fingerprint density at radius 1 is 1.21 bits per heavy atom. The highest BCUT2D eigenvalue weighted by Crippen LogP contribution is 2.21. The highest BCUT2D eigenvalue weighted by atomic mass is 35.5. The molecule has 1 rings (SSSR count). The van der Waals surface area contributed by atoms with E-state index in [0.717, 1.165) is 29.8 Å². The van der Waals surface area contributed by atoms with E-state index >= 15 is 0 Å². The van der Waals surface area contributed by atoms with Gasteiger partial charge in [0, 0.05) is 6.54 Å². The van der Waals surface area contributed by atoms with Crippen LogP contribution in [-0.4, -0.2) is 32.7 Å². The second-order valence-corrected chi connectivity index (χ2v) is 4.32. The molecule has 0 saturated heterocycles. The van der Waals surface area contributed by atoms with Crippen LogP contribution < -0.4 is 15.4 Å². The van der Waals surface area contributed by atoms with Crippen LogP contribution in [0.25, 0.3) is 0 Å². The van der Waals surface area contributed by atoms with Gasteiger partial charge in [0.2, 0.25) is 0 Å². The summed E-state index contributed by atoms with van der Waals surface area (Å²) in [6, 6.07) is 5.94. The number of hydrogen-bond donors (Lipinski definition) is 2. The second kappa shape index (κ2) is 9.64. The van der Waals surface area contributed by atoms with Gasteiger partial charge in [0.25, 0.3) is 5.91 Å². The molecule has 0 fully saturated rings. The summed E-state index contributed by atoms with van der Waals surface area (Å²) in [6.45, 7) is 5.61. The minimum Gasteiger partial charge on any atom is -0.483 e. The van der Waals surface area contributed by atoms with Gasteiger partial charge >= 0.3 is 0 Å². The van der Waals surface area contributed by atoms with E-state index in [1.807, 2.05) is 39.1 Å². The lowest BCUT2D eigenvalue weighted by Crippen LogP contribution is -2.31. The van der Waals surface area contributed by atoms with Gasteiger partial charge in [-0.25, -0.2) is 0 Å². The van der Waals surface area contributed by atoms with E-state index in [-0.39, 0.29) is 24.9 Å². The number of carbonyl (C=O) groups excluding carboxylic acids is 1. The molecule has 0 saturated carbocycles. The van der Waals surface area contributed by atoms with E-state index in [9.17, 15) is 4.79 Å². The van der Waals surface area contributed by atoms with Gasteiger partial charge in [-0.2, -0.15) is 0 Å². The number of benzene rings is 1. The Kier molecular flexibility index (Phi) is 9.00. The van der Waals surface area contributed by atoms with Crippen molar-refractivity contribution in [2.75, 3.05) is 26.7 Å². The van der Waals surface area contributed by atoms with Crippen molar-refractivity contribution >= 4 is 18.3 Å². The number of rotatable bonds is 7. The van der Waals surface area contributed by atoms with Gasteiger partial charge in [-0.3, -0.25) is 4.79 Å². The number of halogens is 1. The van der Waals surface area contributed by atoms with E-state index in [1.54, 1.807) is 0 Å². The van der Waals surface area contributed by atoms with Gasteiger partial charge in [-0.15, -0.1) is 12.4 Å². The number of ether oxygens (including phenoxy) is 1. The topological polar surface area (TPSA) is 50.4 Å². The fraction of sp³-hybridized carbons (Fsp3) is 0.500. The number of carbonyl (C=O) groups is 1. The Morgan fingerprint density at radius 2 is 1.84 bits per heavy atom. The first-order valence-electron chi connectivity index (χ1n) is 6.25. The Hall–Kier alpha value is -1.26. The molecule has 0 bridgehead atoms. The van der Waals surface area contributed by atoms with Crippen molar-refractivity contribution in [2.45, 2.75) is 20.3 Å². The predicted octanol–water partition coefficient (Wildman–Crippen LogP) is 1.83. The third kappa shape index (κ3) is 6.45. The van der Waals surface area contributed by atoms with Crippen LogP contribution in [0.5, 0.6) is 5.75 Å². The number of amides is 1. The molecule has 1 aromatic rings. The van der Waals surface area contributed by atoms with Crippen molar-refractivity contribution in [1.29, 1.82) is 0 Å². The monoisotopic (exact) mass is 286 g/mol. The van der Waals surface area contributed by atoms with E-state index in [4.69, 9.17) is 4.74 Å². The lowest BCUT2D eigenvalue weighted by molar-refractivity contribution is -0.123. The molecule has 1 amide bonds. The molecule has 1 aromatic carbocycles. The van der Waals surface area contributed by atoms with E-state index < -0.39 is 0 Å². The van der Waals surface area contributed by atoms with Crippen molar-refractivity contribution in [3.05, 3.63) is 29.3 Å². The third-order valence-electron chi connectivity index (χ3n) is 2.68. The van der Waals surface area contributed by atoms with Crippen LogP contribution in [-0.2, 0) is 4.79 Å². The van der Waals surface area contributed by atoms with Gasteiger partial charge in [0.15, 0.2) is 6.61 Å². The smallest absolute Gasteiger partial charge is 0.257 e. The normalized spacial score (nSPS) is 9.63. The molecule has 2 N–H and O–H groups in total. The first kappa shape index (κ1) is 17.7. The SMILES string of the molecule is CNCCCNC(=O)COc1c(C)cccc1C.Cl. The molecule has 108 valence electrons. The summed E-state index contributed by atoms with van der Waals surface area (Å²) < 4.78 is 5.56. The summed E-state index contributed by atoms with van der Waals surface area (Å²) in [5, 5.41) is 5.85. The van der Waals surface area contributed by atoms with E-state index in [0.29, 0.717) is 6.54 Å². The van der Waals surface area contributed by atoms with E-state index in [1.165, 1.54) is 0 Å². The zero-order valence-electron chi connectivity index (χ0n) is 11.8. The lowest BCUT2D eigenvalue weighted by Gasteiger charge is -2.11. The first-order valence-corrected chi connectivity index (χ1v) is 6.25. The molecule has 5 heteroatoms. The fourth-order valence-corrected chi connectivity index (χ4v) is 1.71. The summed E-state index contributed by atoms with van der Waals surface area (Å²) in [4.78, 5) is 11.5. The van der Waals surface area contributed by atoms with Crippen LogP contribution in [0.3, 0.4) is 0 Å². The zero-order valence-corrected chi connectivity index (χ0v) is 12.6. The maximum atomic E-state index is 11.5. The van der Waals surface area contributed by atoms with Gasteiger partial charge in [0.1, 0.15) is 5.75 Å². The molecule has 19 heavy (non-hydrogen) atoms. The van der Waals surface area contributed by atoms with Crippen LogP contribution in [0, 0.1) is 13.8 Å². The van der Waals surface area contributed by atoms with Crippen molar-refractivity contribution in [2.24, 2.45) is 0 Å². The van der Waals surface area contributed by atoms with Gasteiger partial charge in [-0.1, -0.05) is 18.2 Å². The first-order chi connectivity index (χ1) is 8.65. The number of nitrogens with one attached hydrogen (secondary N) is 2. The minimum absolute atomic E-state index is 0. The molecule has 0 aromatic heterocycles. The van der Waals surface area contributed by atoms with Crippen molar-refractivity contribution in [3.63, 3.8) is 0 Å². The number of para-hydroxylation sites is 1. The third-order valence-corrected chi connectivity index (χ3v) is 2.68. The lowest BCUT2D eigenvalue weighted by atomic mass is 10.1. The summed E-state index contributed by atoms with van der Waals surface area (Å²) >= 11 is 0. The number of hydrogen-bond acceptors (Lipinski definition) is 3. The Balaban J connectivity index is 0.00000324. The Bertz CT molecular complexity index is 377. The van der Waals surface area contributed by atoms with E-state index in [2.05, 4.69) is 10.6 Å². The van der Waals surface area contributed by atoms with Crippen LogP contribution >= 0.6 is 12.4 Å². The van der Waals surface area contributed by atoms with Crippen molar-refractivity contribution in [3.8, 4) is 5.75 Å². The molecule has 0 aliphatic carbocycles. The minimum atomic E-state index is -0.0752. The van der Waals surface area contributed by atoms with Gasteiger partial charge < -0.3 is 15.4 Å². The molecule has 0 unspecified atom stereocenters. The largest absolute Gasteiger partial charge is 0.483 e. The molecule has 0 atom stereocenters. The molecule has 0 aliphatic rings. The average molecular weight is 287 g/mol. The maximum Gasteiger partial charge on any atom is 0.257 e. The fourth-order valence-electron chi connectivity index (χ4n) is 1.71. The average Bonchev–Trinajstić information content (AvgIpc) is 2.34.